The molecule has 0 aliphatic carbocycles. The predicted molar refractivity (Wildman–Crippen MR) is 72.3 cm³/mol. The lowest BCUT2D eigenvalue weighted by Crippen LogP contribution is -2.38. The first-order valence-electron chi connectivity index (χ1n) is 6.31. The Labute approximate surface area is 113 Å². The summed E-state index contributed by atoms with van der Waals surface area (Å²) in [4.78, 5) is 26.7. The minimum Gasteiger partial charge on any atom is -0.479 e. The molecule has 1 aromatic rings. The van der Waals surface area contributed by atoms with Gasteiger partial charge in [0.15, 0.2) is 12.4 Å². The van der Waals surface area contributed by atoms with E-state index < -0.39 is 6.10 Å². The molecule has 5 nitrogen and oxygen atoms in total. The van der Waals surface area contributed by atoms with Gasteiger partial charge in [0.05, 0.1) is 0 Å². The summed E-state index contributed by atoms with van der Waals surface area (Å²) in [6.07, 6.45) is -0.0388. The third-order valence-corrected chi connectivity index (χ3v) is 2.49. The topological polar surface area (TPSA) is 68.3 Å². The number of hydrogen-bond donors (Lipinski definition) is 1. The number of amides is 1. The summed E-state index contributed by atoms with van der Waals surface area (Å²) in [7, 11) is 0. The van der Waals surface area contributed by atoms with E-state index in [1.807, 2.05) is 13.8 Å². The van der Waals surface area contributed by atoms with Crippen LogP contribution in [0.4, 0.5) is 0 Å². The minimum absolute atomic E-state index is 0.203. The summed E-state index contributed by atoms with van der Waals surface area (Å²) in [5.41, 5.74) is 0.940. The summed E-state index contributed by atoms with van der Waals surface area (Å²) < 4.78 is 5.48. The molecule has 1 rings (SSSR count). The lowest BCUT2D eigenvalue weighted by molar-refractivity contribution is -0.127. The Kier molecular flexibility index (Phi) is 5.48. The third-order valence-electron chi connectivity index (χ3n) is 2.49. The number of nitrogens with one attached hydrogen (secondary N) is 1. The lowest BCUT2D eigenvalue weighted by Gasteiger charge is -2.16. The number of aldehydes is 1. The predicted octanol–water partition coefficient (Wildman–Crippen LogP) is 1.74. The van der Waals surface area contributed by atoms with Gasteiger partial charge in [-0.15, -0.1) is 0 Å². The molecule has 0 spiro atoms. The molecule has 0 saturated heterocycles. The molecule has 0 aliphatic heterocycles. The smallest absolute Gasteiger partial charge is 0.260 e. The van der Waals surface area contributed by atoms with Crippen LogP contribution in [0.15, 0.2) is 12.1 Å². The van der Waals surface area contributed by atoms with Gasteiger partial charge in [-0.25, -0.2) is 4.98 Å². The Morgan fingerprint density at radius 3 is 2.68 bits per heavy atom. The van der Waals surface area contributed by atoms with Crippen LogP contribution in [0.3, 0.4) is 0 Å². The molecule has 0 radical (unpaired) electrons. The number of hydrogen-bond acceptors (Lipinski definition) is 4. The van der Waals surface area contributed by atoms with E-state index in [-0.39, 0.29) is 11.6 Å². The molecule has 0 aromatic carbocycles. The number of aromatic nitrogens is 1. The zero-order chi connectivity index (χ0) is 14.4. The summed E-state index contributed by atoms with van der Waals surface area (Å²) in [5, 5.41) is 2.78. The average Bonchev–Trinajstić information content (AvgIpc) is 2.37. The van der Waals surface area contributed by atoms with Gasteiger partial charge < -0.3 is 10.1 Å². The fourth-order valence-corrected chi connectivity index (χ4v) is 1.44. The molecule has 0 aliphatic rings. The first-order chi connectivity index (χ1) is 8.93. The van der Waals surface area contributed by atoms with Crippen molar-refractivity contribution in [1.82, 2.24) is 10.3 Å². The van der Waals surface area contributed by atoms with Crippen LogP contribution in [0, 0.1) is 12.8 Å². The molecule has 0 saturated carbocycles. The van der Waals surface area contributed by atoms with Crippen molar-refractivity contribution in [3.05, 3.63) is 23.5 Å². The molecule has 1 heterocycles. The van der Waals surface area contributed by atoms with E-state index in [0.29, 0.717) is 24.5 Å². The average molecular weight is 264 g/mol. The van der Waals surface area contributed by atoms with E-state index in [9.17, 15) is 9.59 Å². The Morgan fingerprint density at radius 2 is 2.11 bits per heavy atom. The maximum atomic E-state index is 11.8. The van der Waals surface area contributed by atoms with E-state index >= 15 is 0 Å². The number of pyridine rings is 1. The maximum absolute atomic E-state index is 11.8. The summed E-state index contributed by atoms with van der Waals surface area (Å²) >= 11 is 0. The second kappa shape index (κ2) is 6.87. The quantitative estimate of drug-likeness (QED) is 0.795. The molecule has 0 bridgehead atoms. The van der Waals surface area contributed by atoms with Gasteiger partial charge in [0.25, 0.3) is 5.91 Å². The number of ether oxygens (including phenoxy) is 1. The van der Waals surface area contributed by atoms with Crippen LogP contribution in [0.25, 0.3) is 0 Å². The maximum Gasteiger partial charge on any atom is 0.260 e. The molecule has 1 N–H and O–H groups in total. The fourth-order valence-electron chi connectivity index (χ4n) is 1.44. The Balaban J connectivity index is 2.68. The van der Waals surface area contributed by atoms with Gasteiger partial charge >= 0.3 is 0 Å². The van der Waals surface area contributed by atoms with Crippen molar-refractivity contribution in [2.24, 2.45) is 5.92 Å². The Morgan fingerprint density at radius 1 is 1.42 bits per heavy atom. The molecule has 1 aromatic heterocycles. The van der Waals surface area contributed by atoms with Crippen molar-refractivity contribution in [2.75, 3.05) is 6.54 Å². The zero-order valence-electron chi connectivity index (χ0n) is 11.8. The van der Waals surface area contributed by atoms with Gasteiger partial charge in [-0.3, -0.25) is 9.59 Å². The first kappa shape index (κ1) is 15.1. The summed E-state index contributed by atoms with van der Waals surface area (Å²) in [6, 6.07) is 3.39. The number of carbonyl (C=O) groups is 2. The van der Waals surface area contributed by atoms with Gasteiger partial charge in [-0.1, -0.05) is 13.8 Å². The van der Waals surface area contributed by atoms with Crippen LogP contribution >= 0.6 is 0 Å². The molecule has 19 heavy (non-hydrogen) atoms. The standard InChI is InChI=1S/C14H20N2O3/c1-9(2)7-15-14(18)11(4)19-13-6-5-10(3)16-12(13)8-17/h5-6,8-9,11H,7H2,1-4H3,(H,15,18). The van der Waals surface area contributed by atoms with E-state index in [1.54, 1.807) is 26.0 Å². The van der Waals surface area contributed by atoms with Crippen LogP contribution < -0.4 is 10.1 Å². The van der Waals surface area contributed by atoms with Gasteiger partial charge in [0.2, 0.25) is 0 Å². The van der Waals surface area contributed by atoms with Crippen LogP contribution in [-0.4, -0.2) is 29.8 Å². The monoisotopic (exact) mass is 264 g/mol. The van der Waals surface area contributed by atoms with E-state index in [0.717, 1.165) is 5.69 Å². The molecule has 1 unspecified atom stereocenters. The zero-order valence-corrected chi connectivity index (χ0v) is 11.8. The second-order valence-corrected chi connectivity index (χ2v) is 4.85. The minimum atomic E-state index is -0.665. The summed E-state index contributed by atoms with van der Waals surface area (Å²) in [5.74, 6) is 0.502. The highest BCUT2D eigenvalue weighted by Crippen LogP contribution is 2.16. The normalized spacial score (nSPS) is 12.1. The fraction of sp³-hybridized carbons (Fsp3) is 0.500. The molecular formula is C14H20N2O3. The van der Waals surface area contributed by atoms with Crippen molar-refractivity contribution < 1.29 is 14.3 Å². The van der Waals surface area contributed by atoms with Crippen molar-refractivity contribution in [1.29, 1.82) is 0 Å². The molecular weight excluding hydrogens is 244 g/mol. The van der Waals surface area contributed by atoms with Gasteiger partial charge in [-0.05, 0) is 31.9 Å². The van der Waals surface area contributed by atoms with Crippen molar-refractivity contribution >= 4 is 12.2 Å². The highest BCUT2D eigenvalue weighted by molar-refractivity contribution is 5.81. The van der Waals surface area contributed by atoms with Crippen molar-refractivity contribution in [3.63, 3.8) is 0 Å². The first-order valence-corrected chi connectivity index (χ1v) is 6.31. The largest absolute Gasteiger partial charge is 0.479 e. The third kappa shape index (κ3) is 4.69. The molecule has 1 amide bonds. The van der Waals surface area contributed by atoms with Gasteiger partial charge in [0.1, 0.15) is 11.4 Å². The van der Waals surface area contributed by atoms with E-state index in [1.165, 1.54) is 0 Å². The Hall–Kier alpha value is -1.91. The van der Waals surface area contributed by atoms with Crippen molar-refractivity contribution in [3.8, 4) is 5.75 Å². The van der Waals surface area contributed by atoms with Crippen LogP contribution in [-0.2, 0) is 4.79 Å². The number of carbonyl (C=O) groups excluding carboxylic acids is 2. The second-order valence-electron chi connectivity index (χ2n) is 4.85. The van der Waals surface area contributed by atoms with Crippen LogP contribution in [0.5, 0.6) is 5.75 Å². The molecule has 0 fully saturated rings. The number of aryl methyl sites for hydroxylation is 1. The Bertz CT molecular complexity index is 458. The van der Waals surface area contributed by atoms with Crippen LogP contribution in [0.2, 0.25) is 0 Å². The van der Waals surface area contributed by atoms with Gasteiger partial charge in [-0.2, -0.15) is 0 Å². The molecule has 104 valence electrons. The number of nitrogens with zero attached hydrogens (tertiary/aromatic N) is 1. The van der Waals surface area contributed by atoms with Crippen LogP contribution in [0.1, 0.15) is 37.0 Å². The van der Waals surface area contributed by atoms with Crippen molar-refractivity contribution in [2.45, 2.75) is 33.8 Å². The summed E-state index contributed by atoms with van der Waals surface area (Å²) in [6.45, 7) is 8.05. The van der Waals surface area contributed by atoms with Gasteiger partial charge in [0, 0.05) is 12.2 Å². The molecule has 1 atom stereocenters. The SMILES string of the molecule is Cc1ccc(OC(C)C(=O)NCC(C)C)c(C=O)n1. The van der Waals surface area contributed by atoms with E-state index in [4.69, 9.17) is 4.74 Å². The number of rotatable bonds is 6. The highest BCUT2D eigenvalue weighted by Gasteiger charge is 2.16. The highest BCUT2D eigenvalue weighted by atomic mass is 16.5. The lowest BCUT2D eigenvalue weighted by atomic mass is 10.2. The van der Waals surface area contributed by atoms with E-state index in [2.05, 4.69) is 10.3 Å². The molecule has 5 heteroatoms.